The Labute approximate surface area is 175 Å². The van der Waals surface area contributed by atoms with Crippen LogP contribution in [-0.2, 0) is 6.54 Å². The minimum atomic E-state index is 0.136. The molecule has 2 aliphatic heterocycles. The van der Waals surface area contributed by atoms with Crippen LogP contribution < -0.4 is 9.47 Å². The number of hydrogen-bond donors (Lipinski definition) is 0. The van der Waals surface area contributed by atoms with E-state index in [2.05, 4.69) is 9.47 Å². The molecule has 3 heterocycles. The van der Waals surface area contributed by atoms with Crippen LogP contribution in [0, 0.1) is 13.8 Å². The van der Waals surface area contributed by atoms with Crippen molar-refractivity contribution in [3.8, 4) is 11.5 Å². The van der Waals surface area contributed by atoms with E-state index in [0.29, 0.717) is 12.3 Å². The van der Waals surface area contributed by atoms with E-state index in [0.717, 1.165) is 51.4 Å². The van der Waals surface area contributed by atoms with Crippen LogP contribution in [0.3, 0.4) is 0 Å². The zero-order valence-electron chi connectivity index (χ0n) is 16.2. The van der Waals surface area contributed by atoms with Gasteiger partial charge in [-0.3, -0.25) is 4.79 Å². The fourth-order valence-electron chi connectivity index (χ4n) is 3.74. The first-order valence-corrected chi connectivity index (χ1v) is 10.9. The number of aryl methyl sites for hydroxylation is 1. The average molecular weight is 417 g/mol. The number of nitrogens with zero attached hydrogens (tertiary/aromatic N) is 2. The lowest BCUT2D eigenvalue weighted by Crippen LogP contribution is -2.24. The molecule has 4 rings (SSSR count). The molecule has 0 radical (unpaired) electrons. The van der Waals surface area contributed by atoms with E-state index in [9.17, 15) is 4.79 Å². The molecule has 0 bridgehead atoms. The predicted molar refractivity (Wildman–Crippen MR) is 116 cm³/mol. The van der Waals surface area contributed by atoms with Crippen molar-refractivity contribution < 1.29 is 14.3 Å². The molecule has 7 heteroatoms. The van der Waals surface area contributed by atoms with Crippen molar-refractivity contribution >= 4 is 34.1 Å². The molecule has 0 unspecified atom stereocenters. The standard InChI is InChI=1S/C21H24N2O3S2/c1-14-9-17(18(24)12-28-21(27)22-7-3-4-8-22)15(2)23(14)11-16-5-6-19-20(10-16)26-13-25-19/h5-6,9-10H,3-4,7-8,11-13H2,1-2H3. The summed E-state index contributed by atoms with van der Waals surface area (Å²) in [6.45, 7) is 7.06. The average Bonchev–Trinajstić information content (AvgIpc) is 3.42. The number of carbonyl (C=O) groups is 1. The van der Waals surface area contributed by atoms with Crippen molar-refractivity contribution in [2.75, 3.05) is 25.6 Å². The van der Waals surface area contributed by atoms with Gasteiger partial charge in [-0.25, -0.2) is 0 Å². The van der Waals surface area contributed by atoms with Crippen molar-refractivity contribution in [1.29, 1.82) is 0 Å². The highest BCUT2D eigenvalue weighted by atomic mass is 32.2. The molecule has 2 aliphatic rings. The van der Waals surface area contributed by atoms with E-state index in [1.165, 1.54) is 24.6 Å². The summed E-state index contributed by atoms with van der Waals surface area (Å²) >= 11 is 6.97. The number of ether oxygens (including phenoxy) is 2. The molecule has 2 aromatic rings. The van der Waals surface area contributed by atoms with Gasteiger partial charge in [-0.2, -0.15) is 0 Å². The maximum atomic E-state index is 12.8. The van der Waals surface area contributed by atoms with Crippen LogP contribution >= 0.6 is 24.0 Å². The number of fused-ring (bicyclic) bond motifs is 1. The van der Waals surface area contributed by atoms with Crippen LogP contribution in [-0.4, -0.2) is 45.2 Å². The van der Waals surface area contributed by atoms with Crippen molar-refractivity contribution in [3.63, 3.8) is 0 Å². The number of thioether (sulfide) groups is 1. The van der Waals surface area contributed by atoms with Gasteiger partial charge >= 0.3 is 0 Å². The first kappa shape index (κ1) is 19.3. The third kappa shape index (κ3) is 3.91. The molecular weight excluding hydrogens is 392 g/mol. The number of hydrogen-bond acceptors (Lipinski definition) is 5. The maximum absolute atomic E-state index is 12.8. The summed E-state index contributed by atoms with van der Waals surface area (Å²) in [5.74, 6) is 2.09. The lowest BCUT2D eigenvalue weighted by Gasteiger charge is -2.17. The summed E-state index contributed by atoms with van der Waals surface area (Å²) < 4.78 is 13.9. The second-order valence-corrected chi connectivity index (χ2v) is 8.84. The van der Waals surface area contributed by atoms with Crippen molar-refractivity contribution in [2.24, 2.45) is 0 Å². The monoisotopic (exact) mass is 416 g/mol. The van der Waals surface area contributed by atoms with Crippen molar-refractivity contribution in [2.45, 2.75) is 33.2 Å². The molecule has 5 nitrogen and oxygen atoms in total. The van der Waals surface area contributed by atoms with Gasteiger partial charge in [0.25, 0.3) is 0 Å². The summed E-state index contributed by atoms with van der Waals surface area (Å²) in [5, 5.41) is 0. The molecular formula is C21H24N2O3S2. The molecule has 0 atom stereocenters. The molecule has 1 aromatic carbocycles. The number of thiocarbonyl (C=S) groups is 1. The second kappa shape index (κ2) is 8.17. The van der Waals surface area contributed by atoms with E-state index in [1.807, 2.05) is 38.1 Å². The first-order chi connectivity index (χ1) is 13.5. The Morgan fingerprint density at radius 2 is 1.89 bits per heavy atom. The SMILES string of the molecule is Cc1cc(C(=O)CSC(=S)N2CCCC2)c(C)n1Cc1ccc2c(c1)OCO2. The summed E-state index contributed by atoms with van der Waals surface area (Å²) in [4.78, 5) is 15.0. The highest BCUT2D eigenvalue weighted by Gasteiger charge is 2.20. The largest absolute Gasteiger partial charge is 0.454 e. The summed E-state index contributed by atoms with van der Waals surface area (Å²) in [6, 6.07) is 7.98. The molecule has 0 spiro atoms. The summed E-state index contributed by atoms with van der Waals surface area (Å²) in [5.41, 5.74) is 3.98. The minimum absolute atomic E-state index is 0.136. The van der Waals surface area contributed by atoms with Crippen LogP contribution in [0.1, 0.15) is 40.2 Å². The van der Waals surface area contributed by atoms with Crippen LogP contribution in [0.2, 0.25) is 0 Å². The van der Waals surface area contributed by atoms with Gasteiger partial charge in [-0.1, -0.05) is 30.0 Å². The van der Waals surface area contributed by atoms with Gasteiger partial charge in [0.2, 0.25) is 6.79 Å². The Morgan fingerprint density at radius 1 is 1.14 bits per heavy atom. The normalized spacial score (nSPS) is 15.3. The number of likely N-dealkylation sites (tertiary alicyclic amines) is 1. The highest BCUT2D eigenvalue weighted by Crippen LogP contribution is 2.33. The third-order valence-electron chi connectivity index (χ3n) is 5.34. The van der Waals surface area contributed by atoms with E-state index in [-0.39, 0.29) is 12.6 Å². The molecule has 28 heavy (non-hydrogen) atoms. The fraction of sp³-hybridized carbons (Fsp3) is 0.429. The van der Waals surface area contributed by atoms with Gasteiger partial charge in [0.05, 0.1) is 5.75 Å². The van der Waals surface area contributed by atoms with Crippen LogP contribution in [0.25, 0.3) is 0 Å². The lowest BCUT2D eigenvalue weighted by molar-refractivity contribution is 0.102. The minimum Gasteiger partial charge on any atom is -0.454 e. The Bertz CT molecular complexity index is 917. The van der Waals surface area contributed by atoms with Crippen LogP contribution in [0.15, 0.2) is 24.3 Å². The topological polar surface area (TPSA) is 43.7 Å². The van der Waals surface area contributed by atoms with Gasteiger partial charge in [0.15, 0.2) is 17.3 Å². The van der Waals surface area contributed by atoms with Gasteiger partial charge in [-0.05, 0) is 50.5 Å². The van der Waals surface area contributed by atoms with E-state index < -0.39 is 0 Å². The molecule has 0 N–H and O–H groups in total. The van der Waals surface area contributed by atoms with Crippen molar-refractivity contribution in [1.82, 2.24) is 9.47 Å². The molecule has 148 valence electrons. The number of carbonyl (C=O) groups excluding carboxylic acids is 1. The number of Topliss-reactive ketones (excluding diaryl/α,β-unsaturated/α-hetero) is 1. The van der Waals surface area contributed by atoms with Gasteiger partial charge in [0.1, 0.15) is 4.32 Å². The highest BCUT2D eigenvalue weighted by molar-refractivity contribution is 8.23. The van der Waals surface area contributed by atoms with Gasteiger partial charge in [-0.15, -0.1) is 0 Å². The fourth-order valence-corrected chi connectivity index (χ4v) is 4.88. The molecule has 1 aromatic heterocycles. The smallest absolute Gasteiger partial charge is 0.231 e. The Hall–Kier alpha value is -1.99. The predicted octanol–water partition coefficient (Wildman–Crippen LogP) is 4.18. The summed E-state index contributed by atoms with van der Waals surface area (Å²) in [7, 11) is 0. The quantitative estimate of drug-likeness (QED) is 0.538. The zero-order valence-corrected chi connectivity index (χ0v) is 17.8. The second-order valence-electron chi connectivity index (χ2n) is 7.23. The van der Waals surface area contributed by atoms with Crippen LogP contribution in [0.4, 0.5) is 0 Å². The number of aromatic nitrogens is 1. The Balaban J connectivity index is 1.44. The van der Waals surface area contributed by atoms with E-state index in [4.69, 9.17) is 21.7 Å². The number of ketones is 1. The molecule has 0 saturated carbocycles. The van der Waals surface area contributed by atoms with Crippen molar-refractivity contribution in [3.05, 3.63) is 46.8 Å². The molecule has 1 fully saturated rings. The Kier molecular flexibility index (Phi) is 5.64. The third-order valence-corrected chi connectivity index (χ3v) is 6.87. The summed E-state index contributed by atoms with van der Waals surface area (Å²) in [6.07, 6.45) is 2.38. The molecule has 0 aliphatic carbocycles. The van der Waals surface area contributed by atoms with Gasteiger partial charge in [0, 0.05) is 36.6 Å². The molecule has 0 amide bonds. The first-order valence-electron chi connectivity index (χ1n) is 9.53. The number of benzene rings is 1. The lowest BCUT2D eigenvalue weighted by atomic mass is 10.1. The maximum Gasteiger partial charge on any atom is 0.231 e. The van der Waals surface area contributed by atoms with E-state index >= 15 is 0 Å². The Morgan fingerprint density at radius 3 is 2.68 bits per heavy atom. The van der Waals surface area contributed by atoms with Crippen LogP contribution in [0.5, 0.6) is 11.5 Å². The number of rotatable bonds is 5. The van der Waals surface area contributed by atoms with Gasteiger partial charge < -0.3 is 18.9 Å². The zero-order chi connectivity index (χ0) is 19.7. The van der Waals surface area contributed by atoms with E-state index in [1.54, 1.807) is 0 Å². The molecule has 1 saturated heterocycles.